The second kappa shape index (κ2) is 5.46. The summed E-state index contributed by atoms with van der Waals surface area (Å²) in [4.78, 5) is 0. The molecule has 5 heteroatoms. The van der Waals surface area contributed by atoms with E-state index in [1.807, 2.05) is 0 Å². The molecule has 0 unspecified atom stereocenters. The van der Waals surface area contributed by atoms with Gasteiger partial charge in [-0.15, -0.1) is 0 Å². The summed E-state index contributed by atoms with van der Waals surface area (Å²) in [5, 5.41) is 48.7. The zero-order chi connectivity index (χ0) is 16.6. The van der Waals surface area contributed by atoms with Crippen molar-refractivity contribution in [3.05, 3.63) is 54.6 Å². The summed E-state index contributed by atoms with van der Waals surface area (Å²) < 4.78 is 0. The Balaban J connectivity index is 2.10. The maximum absolute atomic E-state index is 10.2. The molecule has 0 heterocycles. The van der Waals surface area contributed by atoms with Crippen molar-refractivity contribution in [3.63, 3.8) is 0 Å². The van der Waals surface area contributed by atoms with Gasteiger partial charge in [-0.2, -0.15) is 0 Å². The Hall–Kier alpha value is -3.34. The molecule has 0 radical (unpaired) electrons. The molecule has 0 atom stereocenters. The predicted molar refractivity (Wildman–Crippen MR) is 85.6 cm³/mol. The first-order chi connectivity index (χ1) is 11.0. The summed E-state index contributed by atoms with van der Waals surface area (Å²) in [6.07, 6.45) is 0. The Morgan fingerprint density at radius 2 is 0.957 bits per heavy atom. The molecule has 0 spiro atoms. The van der Waals surface area contributed by atoms with Gasteiger partial charge >= 0.3 is 0 Å². The van der Waals surface area contributed by atoms with Crippen LogP contribution in [0.15, 0.2) is 54.6 Å². The third-order valence-corrected chi connectivity index (χ3v) is 3.56. The van der Waals surface area contributed by atoms with Crippen LogP contribution in [0.4, 0.5) is 0 Å². The highest BCUT2D eigenvalue weighted by Crippen LogP contribution is 2.43. The molecule has 3 rings (SSSR count). The van der Waals surface area contributed by atoms with Gasteiger partial charge in [-0.3, -0.25) is 0 Å². The number of hydrogen-bond acceptors (Lipinski definition) is 5. The van der Waals surface area contributed by atoms with Crippen LogP contribution in [0.2, 0.25) is 0 Å². The van der Waals surface area contributed by atoms with Gasteiger partial charge in [0.15, 0.2) is 11.5 Å². The van der Waals surface area contributed by atoms with E-state index in [0.29, 0.717) is 16.7 Å². The highest BCUT2D eigenvalue weighted by atomic mass is 16.3. The van der Waals surface area contributed by atoms with Crippen LogP contribution in [-0.4, -0.2) is 25.5 Å². The van der Waals surface area contributed by atoms with Crippen LogP contribution >= 0.6 is 0 Å². The van der Waals surface area contributed by atoms with Gasteiger partial charge in [0.25, 0.3) is 0 Å². The van der Waals surface area contributed by atoms with E-state index in [1.165, 1.54) is 42.5 Å². The van der Waals surface area contributed by atoms with Crippen molar-refractivity contribution in [1.82, 2.24) is 0 Å². The molecule has 0 bridgehead atoms. The van der Waals surface area contributed by atoms with E-state index in [1.54, 1.807) is 12.1 Å². The fourth-order valence-corrected chi connectivity index (χ4v) is 2.41. The van der Waals surface area contributed by atoms with Crippen molar-refractivity contribution in [2.24, 2.45) is 0 Å². The van der Waals surface area contributed by atoms with Gasteiger partial charge < -0.3 is 25.5 Å². The van der Waals surface area contributed by atoms with Crippen molar-refractivity contribution in [1.29, 1.82) is 0 Å². The Kier molecular flexibility index (Phi) is 3.46. The van der Waals surface area contributed by atoms with Crippen molar-refractivity contribution in [2.75, 3.05) is 0 Å². The fraction of sp³-hybridized carbons (Fsp3) is 0. The Bertz CT molecular complexity index is 846. The molecular weight excluding hydrogens is 296 g/mol. The van der Waals surface area contributed by atoms with Crippen LogP contribution in [0.3, 0.4) is 0 Å². The van der Waals surface area contributed by atoms with Gasteiger partial charge in [0.05, 0.1) is 5.56 Å². The molecule has 116 valence electrons. The van der Waals surface area contributed by atoms with Gasteiger partial charge in [-0.25, -0.2) is 0 Å². The molecule has 0 saturated carbocycles. The molecule has 0 amide bonds. The molecule has 3 aromatic rings. The van der Waals surface area contributed by atoms with Crippen molar-refractivity contribution < 1.29 is 25.5 Å². The van der Waals surface area contributed by atoms with Crippen LogP contribution in [0, 0.1) is 0 Å². The molecule has 0 aromatic heterocycles. The van der Waals surface area contributed by atoms with E-state index < -0.39 is 0 Å². The molecule has 0 fully saturated rings. The first kappa shape index (κ1) is 14.6. The Morgan fingerprint density at radius 1 is 0.435 bits per heavy atom. The molecule has 23 heavy (non-hydrogen) atoms. The fourth-order valence-electron chi connectivity index (χ4n) is 2.41. The van der Waals surface area contributed by atoms with Gasteiger partial charge in [0.2, 0.25) is 0 Å². The van der Waals surface area contributed by atoms with E-state index in [0.717, 1.165) is 0 Å². The molecule has 0 saturated heterocycles. The number of hydrogen-bond donors (Lipinski definition) is 5. The number of phenols is 5. The number of benzene rings is 3. The molecule has 3 aromatic carbocycles. The van der Waals surface area contributed by atoms with Gasteiger partial charge in [-0.1, -0.05) is 18.2 Å². The predicted octanol–water partition coefficient (Wildman–Crippen LogP) is 3.55. The van der Waals surface area contributed by atoms with E-state index in [9.17, 15) is 25.5 Å². The monoisotopic (exact) mass is 310 g/mol. The van der Waals surface area contributed by atoms with E-state index in [-0.39, 0.29) is 34.3 Å². The summed E-state index contributed by atoms with van der Waals surface area (Å²) in [5.41, 5.74) is 1.82. The van der Waals surface area contributed by atoms with Crippen molar-refractivity contribution in [3.8, 4) is 51.0 Å². The summed E-state index contributed by atoms with van der Waals surface area (Å²) in [7, 11) is 0. The van der Waals surface area contributed by atoms with Crippen LogP contribution in [0.1, 0.15) is 0 Å². The second-order valence-corrected chi connectivity index (χ2v) is 5.14. The first-order valence-electron chi connectivity index (χ1n) is 6.83. The summed E-state index contributed by atoms with van der Waals surface area (Å²) >= 11 is 0. The smallest absolute Gasteiger partial charge is 0.158 e. The average molecular weight is 310 g/mol. The normalized spacial score (nSPS) is 10.6. The van der Waals surface area contributed by atoms with Gasteiger partial charge in [0.1, 0.15) is 17.2 Å². The number of aromatic hydroxyl groups is 5. The Morgan fingerprint density at radius 3 is 1.52 bits per heavy atom. The van der Waals surface area contributed by atoms with E-state index in [2.05, 4.69) is 0 Å². The second-order valence-electron chi connectivity index (χ2n) is 5.14. The standard InChI is InChI=1S/C18H14O5/c19-13-4-1-10(2-5-13)12-8-16(22)18(17(23)9-12)11-3-6-14(20)15(21)7-11/h1-9,19-23H. The molecule has 0 aliphatic carbocycles. The lowest BCUT2D eigenvalue weighted by molar-refractivity contribution is 0.404. The quantitative estimate of drug-likeness (QED) is 0.466. The largest absolute Gasteiger partial charge is 0.508 e. The minimum atomic E-state index is -0.344. The molecule has 5 nitrogen and oxygen atoms in total. The SMILES string of the molecule is Oc1ccc(-c2cc(O)c(-c3ccc(O)c(O)c3)c(O)c2)cc1. The van der Waals surface area contributed by atoms with E-state index in [4.69, 9.17) is 0 Å². The van der Waals surface area contributed by atoms with Crippen LogP contribution < -0.4 is 0 Å². The highest BCUT2D eigenvalue weighted by molar-refractivity contribution is 5.82. The molecule has 0 aliphatic heterocycles. The Labute approximate surface area is 132 Å². The van der Waals surface area contributed by atoms with Crippen LogP contribution in [0.5, 0.6) is 28.7 Å². The third kappa shape index (κ3) is 2.72. The summed E-state index contributed by atoms with van der Waals surface area (Å²) in [5.74, 6) is -0.841. The van der Waals surface area contributed by atoms with E-state index >= 15 is 0 Å². The summed E-state index contributed by atoms with van der Waals surface area (Å²) in [6, 6.07) is 13.3. The maximum Gasteiger partial charge on any atom is 0.158 e. The van der Waals surface area contributed by atoms with Gasteiger partial charge in [-0.05, 0) is 53.1 Å². The van der Waals surface area contributed by atoms with Gasteiger partial charge in [0, 0.05) is 0 Å². The minimum absolute atomic E-state index is 0.124. The molecule has 0 aliphatic rings. The average Bonchev–Trinajstić information content (AvgIpc) is 2.51. The van der Waals surface area contributed by atoms with Crippen LogP contribution in [-0.2, 0) is 0 Å². The zero-order valence-electron chi connectivity index (χ0n) is 11.9. The van der Waals surface area contributed by atoms with Crippen molar-refractivity contribution >= 4 is 0 Å². The maximum atomic E-state index is 10.2. The third-order valence-electron chi connectivity index (χ3n) is 3.56. The lowest BCUT2D eigenvalue weighted by atomic mass is 9.97. The lowest BCUT2D eigenvalue weighted by Crippen LogP contribution is -1.84. The van der Waals surface area contributed by atoms with Crippen LogP contribution in [0.25, 0.3) is 22.3 Å². The minimum Gasteiger partial charge on any atom is -0.508 e. The first-order valence-corrected chi connectivity index (χ1v) is 6.83. The van der Waals surface area contributed by atoms with Crippen molar-refractivity contribution in [2.45, 2.75) is 0 Å². The highest BCUT2D eigenvalue weighted by Gasteiger charge is 2.14. The molecular formula is C18H14O5. The molecule has 5 N–H and O–H groups in total. The topological polar surface area (TPSA) is 101 Å². The summed E-state index contributed by atoms with van der Waals surface area (Å²) in [6.45, 7) is 0. The number of phenolic OH excluding ortho intramolecular Hbond substituents is 5. The lowest BCUT2D eigenvalue weighted by Gasteiger charge is -2.11. The zero-order valence-corrected chi connectivity index (χ0v) is 11.9. The number of rotatable bonds is 2.